The molecule has 3 aliphatic rings. The Morgan fingerprint density at radius 3 is 2.37 bits per heavy atom. The van der Waals surface area contributed by atoms with Crippen molar-refractivity contribution in [3.63, 3.8) is 0 Å². The number of carbonyl (C=O) groups is 2. The molecular weight excluding hydrogens is 530 g/mol. The lowest BCUT2D eigenvalue weighted by Gasteiger charge is -2.39. The Morgan fingerprint density at radius 1 is 0.927 bits per heavy atom. The molecule has 3 aromatic rings. The molecule has 6 heteroatoms. The summed E-state index contributed by atoms with van der Waals surface area (Å²) in [6.45, 7) is 5.95. The number of ketones is 1. The van der Waals surface area contributed by atoms with Crippen molar-refractivity contribution in [2.75, 3.05) is 29.9 Å². The van der Waals surface area contributed by atoms with Gasteiger partial charge >= 0.3 is 0 Å². The minimum Gasteiger partial charge on any atom is -0.357 e. The Bertz CT molecular complexity index is 1470. The van der Waals surface area contributed by atoms with E-state index in [1.165, 1.54) is 5.56 Å². The lowest BCUT2D eigenvalue weighted by molar-refractivity contribution is -0.131. The molecule has 6 rings (SSSR count). The molecular formula is C35H38ClN3O2. The smallest absolute Gasteiger partial charge is 0.242 e. The summed E-state index contributed by atoms with van der Waals surface area (Å²) >= 11 is 6.83. The Hall–Kier alpha value is -3.57. The number of hydrogen-bond donors (Lipinski definition) is 1. The SMILES string of the molecule is CC1(C)CC(=O)C2=C(C1)Nc1ccccc1N(CC(=O)N1CCC(Cc3ccccc3)CC1)C2c1ccccc1Cl. The number of carbonyl (C=O) groups excluding carboxylic acids is 2. The van der Waals surface area contributed by atoms with E-state index in [0.29, 0.717) is 17.4 Å². The fourth-order valence-corrected chi connectivity index (χ4v) is 7.07. The number of fused-ring (bicyclic) bond motifs is 1. The molecule has 1 saturated heterocycles. The molecule has 1 amide bonds. The zero-order chi connectivity index (χ0) is 28.6. The average Bonchev–Trinajstić information content (AvgIpc) is 3.08. The van der Waals surface area contributed by atoms with Gasteiger partial charge in [0.1, 0.15) is 0 Å². The van der Waals surface area contributed by atoms with Gasteiger partial charge in [0.15, 0.2) is 5.78 Å². The summed E-state index contributed by atoms with van der Waals surface area (Å²) in [4.78, 5) is 32.0. The highest BCUT2D eigenvalue weighted by molar-refractivity contribution is 6.31. The lowest BCUT2D eigenvalue weighted by Crippen LogP contribution is -2.46. The van der Waals surface area contributed by atoms with Gasteiger partial charge in [-0.15, -0.1) is 0 Å². The van der Waals surface area contributed by atoms with Gasteiger partial charge in [0.2, 0.25) is 5.91 Å². The van der Waals surface area contributed by atoms with E-state index in [1.54, 1.807) is 0 Å². The minimum atomic E-state index is -0.460. The van der Waals surface area contributed by atoms with Gasteiger partial charge in [-0.1, -0.05) is 86.1 Å². The van der Waals surface area contributed by atoms with Crippen LogP contribution in [-0.2, 0) is 16.0 Å². The van der Waals surface area contributed by atoms with Gasteiger partial charge in [-0.25, -0.2) is 0 Å². The molecule has 212 valence electrons. The van der Waals surface area contributed by atoms with Gasteiger partial charge < -0.3 is 15.1 Å². The summed E-state index contributed by atoms with van der Waals surface area (Å²) in [6, 6.07) is 26.0. The number of nitrogens with one attached hydrogen (secondary N) is 1. The maximum atomic E-state index is 14.0. The summed E-state index contributed by atoms with van der Waals surface area (Å²) in [5, 5.41) is 4.23. The molecule has 5 nitrogen and oxygen atoms in total. The van der Waals surface area contributed by atoms with Crippen molar-refractivity contribution in [1.29, 1.82) is 0 Å². The number of likely N-dealkylation sites (tertiary alicyclic amines) is 1. The van der Waals surface area contributed by atoms with Crippen LogP contribution in [0.2, 0.25) is 5.02 Å². The van der Waals surface area contributed by atoms with Gasteiger partial charge in [-0.2, -0.15) is 0 Å². The number of Topliss-reactive ketones (excluding diaryl/α,β-unsaturated/α-hetero) is 1. The normalized spacial score (nSPS) is 20.7. The molecule has 0 aromatic heterocycles. The summed E-state index contributed by atoms with van der Waals surface area (Å²) in [6.07, 6.45) is 4.25. The van der Waals surface area contributed by atoms with Crippen LogP contribution in [0.1, 0.15) is 56.7 Å². The number of rotatable bonds is 5. The van der Waals surface area contributed by atoms with Crippen molar-refractivity contribution in [3.05, 3.63) is 106 Å². The fraction of sp³-hybridized carbons (Fsp3) is 0.371. The topological polar surface area (TPSA) is 52.7 Å². The third kappa shape index (κ3) is 5.78. The van der Waals surface area contributed by atoms with Crippen LogP contribution < -0.4 is 10.2 Å². The molecule has 1 aliphatic carbocycles. The van der Waals surface area contributed by atoms with Crippen molar-refractivity contribution < 1.29 is 9.59 Å². The number of amides is 1. The first-order valence-electron chi connectivity index (χ1n) is 14.7. The van der Waals surface area contributed by atoms with E-state index in [9.17, 15) is 9.59 Å². The molecule has 0 saturated carbocycles. The second-order valence-electron chi connectivity index (χ2n) is 12.5. The van der Waals surface area contributed by atoms with Crippen molar-refractivity contribution in [3.8, 4) is 0 Å². The third-order valence-electron chi connectivity index (χ3n) is 8.84. The number of para-hydroxylation sites is 2. The van der Waals surface area contributed by atoms with Crippen molar-refractivity contribution in [2.45, 2.75) is 52.0 Å². The number of anilines is 2. The van der Waals surface area contributed by atoms with Crippen molar-refractivity contribution in [2.24, 2.45) is 11.3 Å². The number of piperidine rings is 1. The number of hydrogen-bond acceptors (Lipinski definition) is 4. The van der Waals surface area contributed by atoms with Gasteiger partial charge in [0, 0.05) is 35.8 Å². The van der Waals surface area contributed by atoms with Gasteiger partial charge in [-0.05, 0) is 66.3 Å². The first-order chi connectivity index (χ1) is 19.8. The molecule has 2 aliphatic heterocycles. The van der Waals surface area contributed by atoms with Crippen LogP contribution in [0.3, 0.4) is 0 Å². The standard InChI is InChI=1S/C35H38ClN3O2/c1-35(2)21-29-33(31(40)22-35)34(26-12-6-7-13-27(26)36)39(30-15-9-8-14-28(30)37-29)23-32(41)38-18-16-25(17-19-38)20-24-10-4-3-5-11-24/h3-15,25,34,37H,16-23H2,1-2H3. The summed E-state index contributed by atoms with van der Waals surface area (Å²) in [5.41, 5.74) is 5.53. The van der Waals surface area contributed by atoms with Crippen LogP contribution in [0.5, 0.6) is 0 Å². The summed E-state index contributed by atoms with van der Waals surface area (Å²) in [5.74, 6) is 0.777. The van der Waals surface area contributed by atoms with E-state index in [2.05, 4.69) is 54.4 Å². The van der Waals surface area contributed by atoms with Crippen LogP contribution >= 0.6 is 11.6 Å². The van der Waals surface area contributed by atoms with Crippen LogP contribution in [0, 0.1) is 11.3 Å². The highest BCUT2D eigenvalue weighted by atomic mass is 35.5. The molecule has 1 N–H and O–H groups in total. The number of allylic oxidation sites excluding steroid dienone is 1. The first kappa shape index (κ1) is 27.6. The van der Waals surface area contributed by atoms with Crippen LogP contribution in [-0.4, -0.2) is 36.2 Å². The molecule has 1 atom stereocenters. The largest absolute Gasteiger partial charge is 0.357 e. The van der Waals surface area contributed by atoms with Crippen molar-refractivity contribution in [1.82, 2.24) is 4.90 Å². The average molecular weight is 568 g/mol. The number of nitrogens with zero attached hydrogens (tertiary/aromatic N) is 2. The highest BCUT2D eigenvalue weighted by Crippen LogP contribution is 2.49. The maximum absolute atomic E-state index is 14.0. The quantitative estimate of drug-likeness (QED) is 0.348. The van der Waals surface area contributed by atoms with Gasteiger partial charge in [0.05, 0.1) is 24.0 Å². The van der Waals surface area contributed by atoms with Crippen LogP contribution in [0.25, 0.3) is 0 Å². The van der Waals surface area contributed by atoms with Crippen LogP contribution in [0.15, 0.2) is 90.1 Å². The zero-order valence-corrected chi connectivity index (χ0v) is 24.7. The van der Waals surface area contributed by atoms with E-state index in [4.69, 9.17) is 11.6 Å². The molecule has 2 heterocycles. The third-order valence-corrected chi connectivity index (χ3v) is 9.19. The molecule has 1 unspecified atom stereocenters. The van der Waals surface area contributed by atoms with E-state index < -0.39 is 6.04 Å². The monoisotopic (exact) mass is 567 g/mol. The molecule has 0 spiro atoms. The Labute approximate surface area is 248 Å². The Morgan fingerprint density at radius 2 is 1.61 bits per heavy atom. The second kappa shape index (κ2) is 11.4. The fourth-order valence-electron chi connectivity index (χ4n) is 6.83. The predicted octanol–water partition coefficient (Wildman–Crippen LogP) is 7.44. The molecule has 0 radical (unpaired) electrons. The Kier molecular flexibility index (Phi) is 7.65. The maximum Gasteiger partial charge on any atom is 0.242 e. The van der Waals surface area contributed by atoms with E-state index in [-0.39, 0.29) is 23.7 Å². The van der Waals surface area contributed by atoms with Crippen LogP contribution in [0.4, 0.5) is 11.4 Å². The van der Waals surface area contributed by atoms with E-state index in [0.717, 1.165) is 67.0 Å². The molecule has 41 heavy (non-hydrogen) atoms. The van der Waals surface area contributed by atoms with E-state index in [1.807, 2.05) is 53.4 Å². The molecule has 1 fully saturated rings. The van der Waals surface area contributed by atoms with E-state index >= 15 is 0 Å². The summed E-state index contributed by atoms with van der Waals surface area (Å²) < 4.78 is 0. The first-order valence-corrected chi connectivity index (χ1v) is 15.1. The summed E-state index contributed by atoms with van der Waals surface area (Å²) in [7, 11) is 0. The second-order valence-corrected chi connectivity index (χ2v) is 12.9. The minimum absolute atomic E-state index is 0.0858. The molecule has 0 bridgehead atoms. The number of benzene rings is 3. The molecule has 3 aromatic carbocycles. The predicted molar refractivity (Wildman–Crippen MR) is 166 cm³/mol. The lowest BCUT2D eigenvalue weighted by atomic mass is 9.73. The zero-order valence-electron chi connectivity index (χ0n) is 23.9. The van der Waals surface area contributed by atoms with Crippen molar-refractivity contribution >= 4 is 34.7 Å². The Balaban J connectivity index is 1.32. The number of halogens is 1. The van der Waals surface area contributed by atoms with Gasteiger partial charge in [-0.3, -0.25) is 9.59 Å². The van der Waals surface area contributed by atoms with Gasteiger partial charge in [0.25, 0.3) is 0 Å². The highest BCUT2D eigenvalue weighted by Gasteiger charge is 2.42.